The molecule has 4 nitrogen and oxygen atoms in total. The number of aromatic nitrogens is 1. The van der Waals surface area contributed by atoms with Gasteiger partial charge in [-0.1, -0.05) is 11.6 Å². The first-order valence-corrected chi connectivity index (χ1v) is 6.82. The maximum atomic E-state index is 11.8. The zero-order valence-electron chi connectivity index (χ0n) is 9.90. The molecule has 0 spiro atoms. The van der Waals surface area contributed by atoms with Gasteiger partial charge in [-0.2, -0.15) is 0 Å². The summed E-state index contributed by atoms with van der Waals surface area (Å²) in [5.74, 6) is -0.124. The number of fused-ring (bicyclic) bond motifs is 1. The van der Waals surface area contributed by atoms with Crippen molar-refractivity contribution in [3.8, 4) is 0 Å². The van der Waals surface area contributed by atoms with E-state index in [-0.39, 0.29) is 5.91 Å². The molecule has 1 amide bonds. The largest absolute Gasteiger partial charge is 0.380 e. The molecule has 1 aromatic heterocycles. The number of benzene rings is 1. The van der Waals surface area contributed by atoms with Crippen LogP contribution in [0.5, 0.6) is 0 Å². The second kappa shape index (κ2) is 6.13. The molecule has 96 valence electrons. The topological polar surface area (TPSA) is 51.2 Å². The molecule has 1 N–H and O–H groups in total. The summed E-state index contributed by atoms with van der Waals surface area (Å²) in [6.07, 6.45) is 0. The van der Waals surface area contributed by atoms with Gasteiger partial charge in [-0.3, -0.25) is 4.79 Å². The molecule has 0 aliphatic rings. The van der Waals surface area contributed by atoms with Gasteiger partial charge >= 0.3 is 0 Å². The molecule has 1 heterocycles. The van der Waals surface area contributed by atoms with Crippen LogP contribution in [0.25, 0.3) is 10.2 Å². The summed E-state index contributed by atoms with van der Waals surface area (Å²) in [6.45, 7) is 3.59. The number of amides is 1. The molecule has 0 unspecified atom stereocenters. The van der Waals surface area contributed by atoms with Crippen molar-refractivity contribution in [1.29, 1.82) is 0 Å². The van der Waals surface area contributed by atoms with Gasteiger partial charge in [0.1, 0.15) is 0 Å². The number of hydrogen-bond acceptors (Lipinski definition) is 4. The van der Waals surface area contributed by atoms with E-state index in [0.717, 1.165) is 10.2 Å². The summed E-state index contributed by atoms with van der Waals surface area (Å²) >= 11 is 7.22. The standard InChI is InChI=1S/C12H13ClN2O2S/c1-2-17-6-5-14-11(16)8-3-4-10-9(7-8)15-12(13)18-10/h3-4,7H,2,5-6H2,1H3,(H,14,16). The first kappa shape index (κ1) is 13.3. The minimum absolute atomic E-state index is 0.124. The van der Waals surface area contributed by atoms with Gasteiger partial charge in [0.15, 0.2) is 4.47 Å². The highest BCUT2D eigenvalue weighted by atomic mass is 35.5. The molecule has 18 heavy (non-hydrogen) atoms. The lowest BCUT2D eigenvalue weighted by Gasteiger charge is -2.05. The fraction of sp³-hybridized carbons (Fsp3) is 0.333. The maximum absolute atomic E-state index is 11.8. The third-order valence-electron chi connectivity index (χ3n) is 2.36. The normalized spacial score (nSPS) is 10.8. The zero-order chi connectivity index (χ0) is 13.0. The first-order valence-electron chi connectivity index (χ1n) is 5.62. The highest BCUT2D eigenvalue weighted by molar-refractivity contribution is 7.22. The molecule has 0 saturated carbocycles. The minimum atomic E-state index is -0.124. The van der Waals surface area contributed by atoms with E-state index < -0.39 is 0 Å². The molecule has 0 atom stereocenters. The van der Waals surface area contributed by atoms with Gasteiger partial charge in [-0.25, -0.2) is 4.98 Å². The molecule has 2 aromatic rings. The van der Waals surface area contributed by atoms with Crippen LogP contribution in [-0.4, -0.2) is 30.6 Å². The Kier molecular flexibility index (Phi) is 4.52. The van der Waals surface area contributed by atoms with Crippen LogP contribution in [0.1, 0.15) is 17.3 Å². The number of carbonyl (C=O) groups excluding carboxylic acids is 1. The Morgan fingerprint density at radius 1 is 1.56 bits per heavy atom. The van der Waals surface area contributed by atoms with Crippen LogP contribution < -0.4 is 5.32 Å². The van der Waals surface area contributed by atoms with Crippen molar-refractivity contribution < 1.29 is 9.53 Å². The fourth-order valence-electron chi connectivity index (χ4n) is 1.52. The van der Waals surface area contributed by atoms with E-state index >= 15 is 0 Å². The van der Waals surface area contributed by atoms with E-state index in [9.17, 15) is 4.79 Å². The van der Waals surface area contributed by atoms with Crippen molar-refractivity contribution in [3.63, 3.8) is 0 Å². The highest BCUT2D eigenvalue weighted by Gasteiger charge is 2.08. The van der Waals surface area contributed by atoms with Gasteiger partial charge in [-0.15, -0.1) is 11.3 Å². The van der Waals surface area contributed by atoms with Crippen molar-refractivity contribution >= 4 is 39.1 Å². The average Bonchev–Trinajstić information content (AvgIpc) is 2.73. The summed E-state index contributed by atoms with van der Waals surface area (Å²) < 4.78 is 6.61. The smallest absolute Gasteiger partial charge is 0.251 e. The molecule has 0 saturated heterocycles. The number of rotatable bonds is 5. The summed E-state index contributed by atoms with van der Waals surface area (Å²) in [6, 6.07) is 5.37. The lowest BCUT2D eigenvalue weighted by Crippen LogP contribution is -2.27. The number of carbonyl (C=O) groups is 1. The number of halogens is 1. The summed E-state index contributed by atoms with van der Waals surface area (Å²) in [4.78, 5) is 16.0. The monoisotopic (exact) mass is 284 g/mol. The van der Waals surface area contributed by atoms with Gasteiger partial charge < -0.3 is 10.1 Å². The molecule has 0 fully saturated rings. The van der Waals surface area contributed by atoms with E-state index in [2.05, 4.69) is 10.3 Å². The highest BCUT2D eigenvalue weighted by Crippen LogP contribution is 2.26. The van der Waals surface area contributed by atoms with E-state index in [1.54, 1.807) is 12.1 Å². The molecule has 0 bridgehead atoms. The number of thiazole rings is 1. The van der Waals surface area contributed by atoms with Gasteiger partial charge in [0.05, 0.1) is 16.8 Å². The van der Waals surface area contributed by atoms with Crippen LogP contribution in [0.15, 0.2) is 18.2 Å². The van der Waals surface area contributed by atoms with Crippen molar-refractivity contribution in [3.05, 3.63) is 28.2 Å². The van der Waals surface area contributed by atoms with Crippen LogP contribution in [0, 0.1) is 0 Å². The van der Waals surface area contributed by atoms with Gasteiger partial charge in [0.25, 0.3) is 5.91 Å². The lowest BCUT2D eigenvalue weighted by molar-refractivity contribution is 0.0922. The summed E-state index contributed by atoms with van der Waals surface area (Å²) in [7, 11) is 0. The van der Waals surface area contributed by atoms with Crippen molar-refractivity contribution in [1.82, 2.24) is 10.3 Å². The third-order valence-corrected chi connectivity index (χ3v) is 3.50. The zero-order valence-corrected chi connectivity index (χ0v) is 11.5. The molecule has 1 aromatic carbocycles. The molecule has 2 rings (SSSR count). The quantitative estimate of drug-likeness (QED) is 0.859. The van der Waals surface area contributed by atoms with E-state index in [0.29, 0.717) is 29.8 Å². The summed E-state index contributed by atoms with van der Waals surface area (Å²) in [5, 5.41) is 2.78. The van der Waals surface area contributed by atoms with Crippen LogP contribution in [0.3, 0.4) is 0 Å². The Morgan fingerprint density at radius 3 is 3.17 bits per heavy atom. The average molecular weight is 285 g/mol. The van der Waals surface area contributed by atoms with Gasteiger partial charge in [-0.05, 0) is 25.1 Å². The number of nitrogens with one attached hydrogen (secondary N) is 1. The number of nitrogens with zero attached hydrogens (tertiary/aromatic N) is 1. The molecule has 6 heteroatoms. The van der Waals surface area contributed by atoms with Gasteiger partial charge in [0, 0.05) is 18.7 Å². The summed E-state index contributed by atoms with van der Waals surface area (Å²) in [5.41, 5.74) is 1.34. The predicted octanol–water partition coefficient (Wildman–Crippen LogP) is 2.72. The molecule has 0 aliphatic carbocycles. The predicted molar refractivity (Wildman–Crippen MR) is 73.5 cm³/mol. The molecular formula is C12H13ClN2O2S. The van der Waals surface area contributed by atoms with E-state index in [1.165, 1.54) is 11.3 Å². The Bertz CT molecular complexity index is 556. The number of ether oxygens (including phenoxy) is 1. The van der Waals surface area contributed by atoms with Crippen LogP contribution >= 0.6 is 22.9 Å². The van der Waals surface area contributed by atoms with Crippen LogP contribution in [-0.2, 0) is 4.74 Å². The Balaban J connectivity index is 2.03. The van der Waals surface area contributed by atoms with Crippen molar-refractivity contribution in [2.75, 3.05) is 19.8 Å². The number of hydrogen-bond donors (Lipinski definition) is 1. The molecule has 0 radical (unpaired) electrons. The fourth-order valence-corrected chi connectivity index (χ4v) is 2.53. The Morgan fingerprint density at radius 2 is 2.39 bits per heavy atom. The first-order chi connectivity index (χ1) is 8.70. The second-order valence-corrected chi connectivity index (χ2v) is 5.21. The Hall–Kier alpha value is -1.17. The third kappa shape index (κ3) is 3.19. The lowest BCUT2D eigenvalue weighted by atomic mass is 10.2. The molecular weight excluding hydrogens is 272 g/mol. The SMILES string of the molecule is CCOCCNC(=O)c1ccc2sc(Cl)nc2c1. The Labute approximate surface area is 114 Å². The van der Waals surface area contributed by atoms with Crippen molar-refractivity contribution in [2.24, 2.45) is 0 Å². The van der Waals surface area contributed by atoms with Crippen LogP contribution in [0.2, 0.25) is 4.47 Å². The van der Waals surface area contributed by atoms with Crippen LogP contribution in [0.4, 0.5) is 0 Å². The van der Waals surface area contributed by atoms with Crippen molar-refractivity contribution in [2.45, 2.75) is 6.92 Å². The second-order valence-electron chi connectivity index (χ2n) is 3.60. The molecule has 0 aliphatic heterocycles. The minimum Gasteiger partial charge on any atom is -0.380 e. The maximum Gasteiger partial charge on any atom is 0.251 e. The van der Waals surface area contributed by atoms with E-state index in [1.807, 2.05) is 13.0 Å². The van der Waals surface area contributed by atoms with E-state index in [4.69, 9.17) is 16.3 Å². The van der Waals surface area contributed by atoms with Gasteiger partial charge in [0.2, 0.25) is 0 Å².